The molecular formula is C16H15N3. The van der Waals surface area contributed by atoms with Gasteiger partial charge in [0.25, 0.3) is 0 Å². The monoisotopic (exact) mass is 249 g/mol. The zero-order valence-electron chi connectivity index (χ0n) is 11.0. The van der Waals surface area contributed by atoms with Crippen molar-refractivity contribution in [3.8, 4) is 16.8 Å². The van der Waals surface area contributed by atoms with Gasteiger partial charge in [0.15, 0.2) is 0 Å². The quantitative estimate of drug-likeness (QED) is 0.516. The summed E-state index contributed by atoms with van der Waals surface area (Å²) in [6.07, 6.45) is 0. The van der Waals surface area contributed by atoms with Crippen LogP contribution in [0.15, 0.2) is 54.6 Å². The molecule has 0 saturated carbocycles. The molecule has 0 spiro atoms. The molecule has 2 aromatic rings. The second kappa shape index (κ2) is 4.69. The van der Waals surface area contributed by atoms with E-state index in [-0.39, 0.29) is 0 Å². The first-order valence-corrected chi connectivity index (χ1v) is 6.31. The summed E-state index contributed by atoms with van der Waals surface area (Å²) in [5, 5.41) is 8.64. The summed E-state index contributed by atoms with van der Waals surface area (Å²) in [6, 6.07) is 18.3. The van der Waals surface area contributed by atoms with Gasteiger partial charge in [0.1, 0.15) is 0 Å². The molecule has 0 atom stereocenters. The van der Waals surface area contributed by atoms with Crippen LogP contribution in [0.1, 0.15) is 11.4 Å². The van der Waals surface area contributed by atoms with E-state index in [0.717, 1.165) is 17.1 Å². The average Bonchev–Trinajstić information content (AvgIpc) is 2.75. The van der Waals surface area contributed by atoms with E-state index < -0.39 is 0 Å². The van der Waals surface area contributed by atoms with Crippen LogP contribution in [0.4, 0.5) is 0 Å². The Bertz CT molecular complexity index is 653. The van der Waals surface area contributed by atoms with Crippen LogP contribution in [-0.2, 0) is 0 Å². The van der Waals surface area contributed by atoms with Crippen molar-refractivity contribution in [2.24, 2.45) is 0 Å². The molecule has 1 aromatic carbocycles. The van der Waals surface area contributed by atoms with Crippen molar-refractivity contribution in [1.82, 2.24) is 15.0 Å². The molecule has 0 saturated heterocycles. The van der Waals surface area contributed by atoms with Crippen molar-refractivity contribution in [3.05, 3.63) is 66.0 Å². The number of aromatic nitrogens is 3. The summed E-state index contributed by atoms with van der Waals surface area (Å²) >= 11 is 0. The minimum absolute atomic E-state index is 0.998. The van der Waals surface area contributed by atoms with Crippen LogP contribution in [0.2, 0.25) is 0 Å². The van der Waals surface area contributed by atoms with Gasteiger partial charge in [-0.15, -0.1) is 0 Å². The van der Waals surface area contributed by atoms with Crippen LogP contribution < -0.4 is 0 Å². The fourth-order valence-corrected chi connectivity index (χ4v) is 1.88. The van der Waals surface area contributed by atoms with Gasteiger partial charge >= 0.3 is 0 Å². The van der Waals surface area contributed by atoms with E-state index in [1.165, 1.54) is 11.1 Å². The van der Waals surface area contributed by atoms with Crippen molar-refractivity contribution in [2.75, 3.05) is 0 Å². The molecule has 0 unspecified atom stereocenters. The molecule has 0 bridgehead atoms. The highest BCUT2D eigenvalue weighted by molar-refractivity contribution is 5.86. The molecular weight excluding hydrogens is 234 g/mol. The van der Waals surface area contributed by atoms with Crippen LogP contribution in [0, 0.1) is 13.8 Å². The average molecular weight is 249 g/mol. The molecule has 0 N–H and O–H groups in total. The number of nitrogens with zero attached hydrogens (tertiary/aromatic N) is 3. The second-order valence-corrected chi connectivity index (χ2v) is 4.55. The molecule has 0 aliphatic heterocycles. The molecule has 19 heavy (non-hydrogen) atoms. The molecule has 0 amide bonds. The van der Waals surface area contributed by atoms with Crippen LogP contribution in [0.5, 0.6) is 0 Å². The Morgan fingerprint density at radius 1 is 0.789 bits per heavy atom. The lowest BCUT2D eigenvalue weighted by molar-refractivity contribution is 0.737. The van der Waals surface area contributed by atoms with Gasteiger partial charge in [-0.2, -0.15) is 15.0 Å². The van der Waals surface area contributed by atoms with Gasteiger partial charge in [0.2, 0.25) is 0 Å². The molecule has 3 heteroatoms. The number of fused-ring (bicyclic) bond motifs is 1. The zero-order valence-corrected chi connectivity index (χ0v) is 11.0. The molecule has 94 valence electrons. The fourth-order valence-electron chi connectivity index (χ4n) is 1.88. The summed E-state index contributed by atoms with van der Waals surface area (Å²) in [7, 11) is 0. The molecule has 4 rings (SSSR count). The number of hydrogen-bond donors (Lipinski definition) is 0. The molecule has 1 heterocycles. The van der Waals surface area contributed by atoms with Crippen molar-refractivity contribution in [3.63, 3.8) is 0 Å². The van der Waals surface area contributed by atoms with E-state index in [0.29, 0.717) is 0 Å². The molecule has 2 aliphatic carbocycles. The third-order valence-electron chi connectivity index (χ3n) is 3.20. The Kier molecular flexibility index (Phi) is 2.88. The lowest BCUT2D eigenvalue weighted by atomic mass is 9.91. The number of aryl methyl sites for hydroxylation is 2. The zero-order chi connectivity index (χ0) is 13.2. The van der Waals surface area contributed by atoms with Gasteiger partial charge in [-0.05, 0) is 25.5 Å². The Balaban J connectivity index is 0.000000155. The van der Waals surface area contributed by atoms with Crippen LogP contribution in [-0.4, -0.2) is 15.0 Å². The molecule has 3 nitrogen and oxygen atoms in total. The highest BCUT2D eigenvalue weighted by atomic mass is 15.5. The lowest BCUT2D eigenvalue weighted by Gasteiger charge is -2.19. The number of hydrogen-bond acceptors (Lipinski definition) is 2. The minimum Gasteiger partial charge on any atom is -0.153 e. The maximum absolute atomic E-state index is 4.32. The smallest absolute Gasteiger partial charge is 0.0941 e. The van der Waals surface area contributed by atoms with Crippen LogP contribution in [0.3, 0.4) is 0 Å². The van der Waals surface area contributed by atoms with E-state index in [2.05, 4.69) is 28.4 Å². The summed E-state index contributed by atoms with van der Waals surface area (Å²) in [4.78, 5) is 1.72. The first-order chi connectivity index (χ1) is 9.25. The van der Waals surface area contributed by atoms with Crippen molar-refractivity contribution in [1.29, 1.82) is 0 Å². The van der Waals surface area contributed by atoms with E-state index in [1.54, 1.807) is 4.80 Å². The van der Waals surface area contributed by atoms with Crippen LogP contribution in [0.25, 0.3) is 16.8 Å². The summed E-state index contributed by atoms with van der Waals surface area (Å²) in [6.45, 7) is 3.95. The predicted molar refractivity (Wildman–Crippen MR) is 76.3 cm³/mol. The van der Waals surface area contributed by atoms with E-state index in [9.17, 15) is 0 Å². The van der Waals surface area contributed by atoms with Crippen molar-refractivity contribution < 1.29 is 0 Å². The Morgan fingerprint density at radius 3 is 1.63 bits per heavy atom. The van der Waals surface area contributed by atoms with Gasteiger partial charge in [-0.1, -0.05) is 48.5 Å². The second-order valence-electron chi connectivity index (χ2n) is 4.55. The topological polar surface area (TPSA) is 30.7 Å². The Morgan fingerprint density at radius 2 is 1.32 bits per heavy atom. The van der Waals surface area contributed by atoms with Gasteiger partial charge < -0.3 is 0 Å². The summed E-state index contributed by atoms with van der Waals surface area (Å²) in [5.74, 6) is 0. The standard InChI is InChI=1S/C10H9N3.C6H6/c1-6-7(2)12-13(11-6)10-5-8-3-4-9(8)10;1-2-4-6-5-3-1/h3-5H,1-2H3;1-6H. The third kappa shape index (κ3) is 2.15. The van der Waals surface area contributed by atoms with Gasteiger partial charge in [-0.25, -0.2) is 0 Å². The summed E-state index contributed by atoms with van der Waals surface area (Å²) < 4.78 is 0. The molecule has 0 radical (unpaired) electrons. The minimum atomic E-state index is 0.998. The first kappa shape index (κ1) is 11.7. The van der Waals surface area contributed by atoms with E-state index in [1.807, 2.05) is 50.2 Å². The van der Waals surface area contributed by atoms with Gasteiger partial charge in [0.05, 0.1) is 17.1 Å². The normalized spacial score (nSPS) is 10.6. The Hall–Kier alpha value is -2.42. The molecule has 0 fully saturated rings. The number of rotatable bonds is 1. The molecule has 1 aromatic heterocycles. The van der Waals surface area contributed by atoms with E-state index >= 15 is 0 Å². The van der Waals surface area contributed by atoms with E-state index in [4.69, 9.17) is 0 Å². The highest BCUT2D eigenvalue weighted by Crippen LogP contribution is 2.38. The third-order valence-corrected chi connectivity index (χ3v) is 3.20. The number of benzene rings is 2. The van der Waals surface area contributed by atoms with Crippen molar-refractivity contribution >= 4 is 0 Å². The fraction of sp³-hybridized carbons (Fsp3) is 0.125. The van der Waals surface area contributed by atoms with Crippen LogP contribution >= 0.6 is 0 Å². The summed E-state index contributed by atoms with van der Waals surface area (Å²) in [5.41, 5.74) is 5.72. The first-order valence-electron chi connectivity index (χ1n) is 6.31. The highest BCUT2D eigenvalue weighted by Gasteiger charge is 2.19. The lowest BCUT2D eigenvalue weighted by Crippen LogP contribution is -2.07. The largest absolute Gasteiger partial charge is 0.153 e. The van der Waals surface area contributed by atoms with Gasteiger partial charge in [-0.3, -0.25) is 0 Å². The van der Waals surface area contributed by atoms with Gasteiger partial charge in [0, 0.05) is 5.56 Å². The molecule has 2 aliphatic rings. The predicted octanol–water partition coefficient (Wildman–Crippen LogP) is 3.55. The maximum Gasteiger partial charge on any atom is 0.0941 e. The Labute approximate surface area is 112 Å². The maximum atomic E-state index is 4.32. The SMILES string of the molecule is Cc1nn(-c2cc3ccc2-3)nc1C.c1ccccc1. The van der Waals surface area contributed by atoms with Crippen molar-refractivity contribution in [2.45, 2.75) is 13.8 Å².